The zero-order chi connectivity index (χ0) is 13.1. The molecule has 100 valence electrons. The number of morpholine rings is 1. The molecule has 1 aromatic carbocycles. The lowest BCUT2D eigenvalue weighted by Crippen LogP contribution is -2.41. The molecule has 3 heteroatoms. The molecule has 1 saturated heterocycles. The highest BCUT2D eigenvalue weighted by atomic mass is 16.5. The van der Waals surface area contributed by atoms with Gasteiger partial charge in [-0.3, -0.25) is 0 Å². The summed E-state index contributed by atoms with van der Waals surface area (Å²) < 4.78 is 11.3. The van der Waals surface area contributed by atoms with Gasteiger partial charge in [0, 0.05) is 12.6 Å². The predicted molar refractivity (Wildman–Crippen MR) is 73.2 cm³/mol. The van der Waals surface area contributed by atoms with Crippen LogP contribution < -0.4 is 10.1 Å². The number of methoxy groups -OCH3 is 1. The van der Waals surface area contributed by atoms with Gasteiger partial charge in [-0.05, 0) is 36.1 Å². The molecule has 1 N–H and O–H groups in total. The average Bonchev–Trinajstić information content (AvgIpc) is 2.38. The summed E-state index contributed by atoms with van der Waals surface area (Å²) in [6.45, 7) is 8.25. The minimum absolute atomic E-state index is 0.141. The molecule has 0 bridgehead atoms. The highest BCUT2D eigenvalue weighted by molar-refractivity contribution is 5.40. The number of hydrogen-bond donors (Lipinski definition) is 1. The molecule has 0 aliphatic carbocycles. The van der Waals surface area contributed by atoms with E-state index >= 15 is 0 Å². The lowest BCUT2D eigenvalue weighted by Gasteiger charge is -2.31. The van der Waals surface area contributed by atoms with E-state index in [1.807, 2.05) is 0 Å². The topological polar surface area (TPSA) is 30.5 Å². The standard InChI is InChI=1S/C15H23NO2/c1-10(2)13-9-12(5-6-14(13)17-4)15-11(3)16-7-8-18-15/h5-6,9-11,15-16H,7-8H2,1-4H3. The van der Waals surface area contributed by atoms with Crippen molar-refractivity contribution in [2.45, 2.75) is 38.8 Å². The van der Waals surface area contributed by atoms with Crippen LogP contribution in [0.3, 0.4) is 0 Å². The lowest BCUT2D eigenvalue weighted by atomic mass is 9.95. The maximum absolute atomic E-state index is 5.88. The van der Waals surface area contributed by atoms with Gasteiger partial charge in [-0.25, -0.2) is 0 Å². The van der Waals surface area contributed by atoms with Crippen LogP contribution in [0.4, 0.5) is 0 Å². The first-order valence-electron chi connectivity index (χ1n) is 6.66. The van der Waals surface area contributed by atoms with Crippen molar-refractivity contribution < 1.29 is 9.47 Å². The van der Waals surface area contributed by atoms with Crippen LogP contribution in [-0.2, 0) is 4.74 Å². The Hall–Kier alpha value is -1.06. The second-order valence-corrected chi connectivity index (χ2v) is 5.19. The third kappa shape index (κ3) is 2.68. The zero-order valence-electron chi connectivity index (χ0n) is 11.7. The van der Waals surface area contributed by atoms with Crippen molar-refractivity contribution in [3.8, 4) is 5.75 Å². The number of rotatable bonds is 3. The summed E-state index contributed by atoms with van der Waals surface area (Å²) in [7, 11) is 1.72. The van der Waals surface area contributed by atoms with Crippen molar-refractivity contribution in [2.75, 3.05) is 20.3 Å². The fraction of sp³-hybridized carbons (Fsp3) is 0.600. The van der Waals surface area contributed by atoms with Crippen LogP contribution in [0.25, 0.3) is 0 Å². The van der Waals surface area contributed by atoms with E-state index in [1.165, 1.54) is 11.1 Å². The minimum atomic E-state index is 0.141. The third-order valence-corrected chi connectivity index (χ3v) is 3.52. The van der Waals surface area contributed by atoms with Gasteiger partial charge in [0.05, 0.1) is 19.8 Å². The first-order chi connectivity index (χ1) is 8.63. The van der Waals surface area contributed by atoms with Crippen molar-refractivity contribution in [1.82, 2.24) is 5.32 Å². The van der Waals surface area contributed by atoms with Gasteiger partial charge < -0.3 is 14.8 Å². The van der Waals surface area contributed by atoms with E-state index in [0.717, 1.165) is 18.9 Å². The lowest BCUT2D eigenvalue weighted by molar-refractivity contribution is -0.000296. The number of hydrogen-bond acceptors (Lipinski definition) is 3. The first kappa shape index (κ1) is 13.4. The third-order valence-electron chi connectivity index (χ3n) is 3.52. The number of benzene rings is 1. The molecule has 2 rings (SSSR count). The minimum Gasteiger partial charge on any atom is -0.496 e. The molecule has 2 atom stereocenters. The van der Waals surface area contributed by atoms with Crippen LogP contribution in [0, 0.1) is 0 Å². The summed E-state index contributed by atoms with van der Waals surface area (Å²) in [5.41, 5.74) is 2.48. The molecule has 1 fully saturated rings. The Morgan fingerprint density at radius 2 is 2.17 bits per heavy atom. The zero-order valence-corrected chi connectivity index (χ0v) is 11.7. The fourth-order valence-corrected chi connectivity index (χ4v) is 2.49. The van der Waals surface area contributed by atoms with E-state index in [-0.39, 0.29) is 6.10 Å². The van der Waals surface area contributed by atoms with Crippen LogP contribution in [0.2, 0.25) is 0 Å². The molecule has 0 aromatic heterocycles. The summed E-state index contributed by atoms with van der Waals surface area (Å²) in [5, 5.41) is 3.45. The van der Waals surface area contributed by atoms with E-state index in [1.54, 1.807) is 7.11 Å². The second-order valence-electron chi connectivity index (χ2n) is 5.19. The summed E-state index contributed by atoms with van der Waals surface area (Å²) in [5.74, 6) is 1.41. The Morgan fingerprint density at radius 3 is 2.78 bits per heavy atom. The molecule has 0 saturated carbocycles. The Morgan fingerprint density at radius 1 is 1.39 bits per heavy atom. The van der Waals surface area contributed by atoms with E-state index in [4.69, 9.17) is 9.47 Å². The van der Waals surface area contributed by atoms with Crippen LogP contribution in [-0.4, -0.2) is 26.3 Å². The van der Waals surface area contributed by atoms with E-state index in [0.29, 0.717) is 12.0 Å². The molecule has 18 heavy (non-hydrogen) atoms. The number of nitrogens with one attached hydrogen (secondary N) is 1. The van der Waals surface area contributed by atoms with E-state index < -0.39 is 0 Å². The van der Waals surface area contributed by atoms with Gasteiger partial charge in [0.2, 0.25) is 0 Å². The second kappa shape index (κ2) is 5.72. The Kier molecular flexibility index (Phi) is 4.25. The van der Waals surface area contributed by atoms with Crippen molar-refractivity contribution in [1.29, 1.82) is 0 Å². The molecule has 0 amide bonds. The van der Waals surface area contributed by atoms with E-state index in [9.17, 15) is 0 Å². The summed E-state index contributed by atoms with van der Waals surface area (Å²) in [6.07, 6.45) is 0.141. The summed E-state index contributed by atoms with van der Waals surface area (Å²) in [6, 6.07) is 6.73. The highest BCUT2D eigenvalue weighted by Crippen LogP contribution is 2.32. The van der Waals surface area contributed by atoms with Gasteiger partial charge >= 0.3 is 0 Å². The van der Waals surface area contributed by atoms with Gasteiger partial charge in [-0.15, -0.1) is 0 Å². The molecule has 0 spiro atoms. The molecule has 1 aliphatic rings. The van der Waals surface area contributed by atoms with Gasteiger partial charge in [-0.2, -0.15) is 0 Å². The van der Waals surface area contributed by atoms with E-state index in [2.05, 4.69) is 44.3 Å². The van der Waals surface area contributed by atoms with Crippen molar-refractivity contribution >= 4 is 0 Å². The van der Waals surface area contributed by atoms with Crippen LogP contribution in [0.5, 0.6) is 5.75 Å². The Bertz CT molecular complexity index is 403. The van der Waals surface area contributed by atoms with Gasteiger partial charge in [0.1, 0.15) is 5.75 Å². The van der Waals surface area contributed by atoms with Crippen LogP contribution >= 0.6 is 0 Å². The SMILES string of the molecule is COc1ccc(C2OCCNC2C)cc1C(C)C. The number of ether oxygens (including phenoxy) is 2. The highest BCUT2D eigenvalue weighted by Gasteiger charge is 2.24. The molecular weight excluding hydrogens is 226 g/mol. The summed E-state index contributed by atoms with van der Waals surface area (Å²) >= 11 is 0. The Labute approximate surface area is 109 Å². The smallest absolute Gasteiger partial charge is 0.122 e. The molecule has 2 unspecified atom stereocenters. The molecule has 1 heterocycles. The fourth-order valence-electron chi connectivity index (χ4n) is 2.49. The van der Waals surface area contributed by atoms with Gasteiger partial charge in [0.25, 0.3) is 0 Å². The Balaban J connectivity index is 2.30. The van der Waals surface area contributed by atoms with Crippen LogP contribution in [0.1, 0.15) is 43.9 Å². The van der Waals surface area contributed by atoms with Gasteiger partial charge in [0.15, 0.2) is 0 Å². The predicted octanol–water partition coefficient (Wildman–Crippen LogP) is 2.87. The van der Waals surface area contributed by atoms with Crippen molar-refractivity contribution in [3.05, 3.63) is 29.3 Å². The average molecular weight is 249 g/mol. The maximum Gasteiger partial charge on any atom is 0.122 e. The molecule has 3 nitrogen and oxygen atoms in total. The first-order valence-corrected chi connectivity index (χ1v) is 6.66. The van der Waals surface area contributed by atoms with Crippen molar-refractivity contribution in [2.24, 2.45) is 0 Å². The summed E-state index contributed by atoms with van der Waals surface area (Å²) in [4.78, 5) is 0. The maximum atomic E-state index is 5.88. The van der Waals surface area contributed by atoms with Crippen molar-refractivity contribution in [3.63, 3.8) is 0 Å². The monoisotopic (exact) mass is 249 g/mol. The molecular formula is C15H23NO2. The van der Waals surface area contributed by atoms with Crippen LogP contribution in [0.15, 0.2) is 18.2 Å². The quantitative estimate of drug-likeness (QED) is 0.893. The largest absolute Gasteiger partial charge is 0.496 e. The molecule has 0 radical (unpaired) electrons. The van der Waals surface area contributed by atoms with Gasteiger partial charge in [-0.1, -0.05) is 19.9 Å². The normalized spacial score (nSPS) is 24.3. The molecule has 1 aliphatic heterocycles. The molecule has 1 aromatic rings.